The average molecular weight is 413 g/mol. The maximum absolute atomic E-state index is 11.1. The molecule has 0 spiro atoms. The van der Waals surface area contributed by atoms with Crippen LogP contribution in [-0.2, 0) is 11.9 Å². The van der Waals surface area contributed by atoms with Crippen molar-refractivity contribution in [2.45, 2.75) is 25.7 Å². The Labute approximate surface area is 162 Å². The lowest BCUT2D eigenvalue weighted by atomic mass is 10.1. The summed E-state index contributed by atoms with van der Waals surface area (Å²) >= 11 is 3.33. The lowest BCUT2D eigenvalue weighted by Gasteiger charge is -2.02. The second kappa shape index (κ2) is 9.82. The van der Waals surface area contributed by atoms with Crippen LogP contribution < -0.4 is 0 Å². The predicted molar refractivity (Wildman–Crippen MR) is 107 cm³/mol. The van der Waals surface area contributed by atoms with Crippen LogP contribution >= 0.6 is 15.9 Å². The Morgan fingerprint density at radius 2 is 1.38 bits per heavy atom. The van der Waals surface area contributed by atoms with Gasteiger partial charge in [-0.3, -0.25) is 14.3 Å². The van der Waals surface area contributed by atoms with Gasteiger partial charge in [-0.25, -0.2) is 0 Å². The molecule has 2 aromatic carbocycles. The summed E-state index contributed by atoms with van der Waals surface area (Å²) in [5.41, 5.74) is 3.85. The van der Waals surface area contributed by atoms with Crippen LogP contribution in [0.25, 0.3) is 0 Å². The highest BCUT2D eigenvalue weighted by Gasteiger charge is 1.99. The van der Waals surface area contributed by atoms with E-state index in [2.05, 4.69) is 21.0 Å². The third kappa shape index (κ3) is 6.08. The molecule has 0 saturated carbocycles. The molecule has 0 radical (unpaired) electrons. The minimum atomic E-state index is 0.0978. The van der Waals surface area contributed by atoms with E-state index in [0.717, 1.165) is 28.6 Å². The van der Waals surface area contributed by atoms with Gasteiger partial charge in [0.15, 0.2) is 11.6 Å². The highest BCUT2D eigenvalue weighted by atomic mass is 79.9. The Bertz CT molecular complexity index is 839. The lowest BCUT2D eigenvalue weighted by Crippen LogP contribution is -2.00. The van der Waals surface area contributed by atoms with Gasteiger partial charge < -0.3 is 0 Å². The first-order valence-corrected chi connectivity index (χ1v) is 9.35. The number of alkyl halides is 1. The van der Waals surface area contributed by atoms with Crippen molar-refractivity contribution in [2.75, 3.05) is 0 Å². The molecule has 0 aliphatic rings. The molecule has 0 aliphatic carbocycles. The third-order valence-electron chi connectivity index (χ3n) is 3.78. The Morgan fingerprint density at radius 1 is 0.885 bits per heavy atom. The number of benzene rings is 2. The van der Waals surface area contributed by atoms with E-state index in [-0.39, 0.29) is 11.6 Å². The highest BCUT2D eigenvalue weighted by Crippen LogP contribution is 2.08. The molecule has 0 unspecified atom stereocenters. The average Bonchev–Trinajstić information content (AvgIpc) is 3.16. The van der Waals surface area contributed by atoms with E-state index in [1.54, 1.807) is 20.0 Å². The normalized spacial score (nSPS) is 9.96. The largest absolute Gasteiger partial charge is 0.295 e. The number of nitrogens with zero attached hydrogens (tertiary/aromatic N) is 2. The van der Waals surface area contributed by atoms with Crippen LogP contribution in [0.4, 0.5) is 0 Å². The Kier molecular flexibility index (Phi) is 7.48. The van der Waals surface area contributed by atoms with Crippen molar-refractivity contribution in [3.63, 3.8) is 0 Å². The molecule has 0 amide bonds. The maximum atomic E-state index is 11.1. The van der Waals surface area contributed by atoms with Crippen molar-refractivity contribution < 1.29 is 9.59 Å². The Balaban J connectivity index is 0.000000197. The van der Waals surface area contributed by atoms with Crippen molar-refractivity contribution in [1.82, 2.24) is 9.78 Å². The molecule has 1 aromatic heterocycles. The molecule has 4 nitrogen and oxygen atoms in total. The first kappa shape index (κ1) is 19.8. The molecule has 0 fully saturated rings. The number of aromatic nitrogens is 2. The first-order valence-electron chi connectivity index (χ1n) is 8.22. The second-order valence-electron chi connectivity index (χ2n) is 5.84. The minimum Gasteiger partial charge on any atom is -0.295 e. The quantitative estimate of drug-likeness (QED) is 0.441. The van der Waals surface area contributed by atoms with Gasteiger partial charge in [0, 0.05) is 28.9 Å². The van der Waals surface area contributed by atoms with E-state index in [0.29, 0.717) is 0 Å². The van der Waals surface area contributed by atoms with Gasteiger partial charge in [0.2, 0.25) is 0 Å². The number of hydrogen-bond acceptors (Lipinski definition) is 3. The molecule has 0 atom stereocenters. The highest BCUT2D eigenvalue weighted by molar-refractivity contribution is 9.08. The number of ketones is 2. The minimum absolute atomic E-state index is 0.0978. The van der Waals surface area contributed by atoms with Crippen molar-refractivity contribution in [2.24, 2.45) is 0 Å². The van der Waals surface area contributed by atoms with Crippen LogP contribution in [0.2, 0.25) is 0 Å². The molecule has 0 saturated heterocycles. The molecular formula is C21H21BrN2O2. The summed E-state index contributed by atoms with van der Waals surface area (Å²) in [5.74, 6) is 0.215. The van der Waals surface area contributed by atoms with Crippen LogP contribution in [0.5, 0.6) is 0 Å². The molecule has 0 N–H and O–H groups in total. The number of carbonyl (C=O) groups is 2. The van der Waals surface area contributed by atoms with Crippen LogP contribution in [0.3, 0.4) is 0 Å². The molecule has 0 aliphatic heterocycles. The summed E-state index contributed by atoms with van der Waals surface area (Å²) in [6, 6.07) is 17.1. The third-order valence-corrected chi connectivity index (χ3v) is 4.43. The van der Waals surface area contributed by atoms with Gasteiger partial charge in [-0.1, -0.05) is 64.5 Å². The fraction of sp³-hybridized carbons (Fsp3) is 0.190. The van der Waals surface area contributed by atoms with Crippen molar-refractivity contribution in [3.8, 4) is 0 Å². The molecular weight excluding hydrogens is 392 g/mol. The van der Waals surface area contributed by atoms with E-state index in [9.17, 15) is 9.59 Å². The number of hydrogen-bond donors (Lipinski definition) is 0. The molecule has 26 heavy (non-hydrogen) atoms. The van der Waals surface area contributed by atoms with Crippen LogP contribution in [0, 0.1) is 0 Å². The summed E-state index contributed by atoms with van der Waals surface area (Å²) in [6.45, 7) is 3.89. The summed E-state index contributed by atoms with van der Waals surface area (Å²) in [7, 11) is 0. The first-order chi connectivity index (χ1) is 12.5. The smallest absolute Gasteiger partial charge is 0.159 e. The van der Waals surface area contributed by atoms with Gasteiger partial charge in [-0.15, -0.1) is 0 Å². The summed E-state index contributed by atoms with van der Waals surface area (Å²) in [4.78, 5) is 21.9. The van der Waals surface area contributed by atoms with Crippen molar-refractivity contribution in [3.05, 3.63) is 89.2 Å². The lowest BCUT2D eigenvalue weighted by molar-refractivity contribution is 0.100. The number of rotatable bonds is 5. The van der Waals surface area contributed by atoms with E-state index in [1.165, 1.54) is 5.56 Å². The standard InChI is InChI=1S/C12H12N2O.C9H9BrO/c1-10(15)12-5-3-11(4-6-12)9-14-8-2-7-13-14;1-7(11)9-4-2-8(6-10)3-5-9/h2-8H,9H2,1H3;2-5H,6H2,1H3. The number of halogens is 1. The van der Waals surface area contributed by atoms with Gasteiger partial charge >= 0.3 is 0 Å². The molecule has 134 valence electrons. The zero-order chi connectivity index (χ0) is 18.9. The van der Waals surface area contributed by atoms with Gasteiger partial charge in [-0.2, -0.15) is 5.10 Å². The van der Waals surface area contributed by atoms with Crippen LogP contribution in [0.15, 0.2) is 67.0 Å². The maximum Gasteiger partial charge on any atom is 0.159 e. The fourth-order valence-corrected chi connectivity index (χ4v) is 2.63. The second-order valence-corrected chi connectivity index (χ2v) is 6.40. The van der Waals surface area contributed by atoms with Gasteiger partial charge in [0.25, 0.3) is 0 Å². The van der Waals surface area contributed by atoms with E-state index in [4.69, 9.17) is 0 Å². The number of carbonyl (C=O) groups excluding carboxylic acids is 2. The number of Topliss-reactive ketones (excluding diaryl/α,β-unsaturated/α-hetero) is 2. The van der Waals surface area contributed by atoms with Gasteiger partial charge in [0.05, 0.1) is 6.54 Å². The van der Waals surface area contributed by atoms with Crippen molar-refractivity contribution in [1.29, 1.82) is 0 Å². The predicted octanol–water partition coefficient (Wildman–Crippen LogP) is 4.92. The fourth-order valence-electron chi connectivity index (χ4n) is 2.25. The van der Waals surface area contributed by atoms with E-state index >= 15 is 0 Å². The molecule has 1 heterocycles. The van der Waals surface area contributed by atoms with Crippen LogP contribution in [-0.4, -0.2) is 21.3 Å². The zero-order valence-electron chi connectivity index (χ0n) is 14.9. The zero-order valence-corrected chi connectivity index (χ0v) is 16.4. The van der Waals surface area contributed by atoms with Gasteiger partial charge in [-0.05, 0) is 31.0 Å². The SMILES string of the molecule is CC(=O)c1ccc(CBr)cc1.CC(=O)c1ccc(Cn2cccn2)cc1. The Morgan fingerprint density at radius 3 is 1.77 bits per heavy atom. The molecule has 0 bridgehead atoms. The van der Waals surface area contributed by atoms with E-state index < -0.39 is 0 Å². The summed E-state index contributed by atoms with van der Waals surface area (Å²) in [5, 5.41) is 4.96. The van der Waals surface area contributed by atoms with E-state index in [1.807, 2.05) is 65.5 Å². The summed E-state index contributed by atoms with van der Waals surface area (Å²) < 4.78 is 1.85. The van der Waals surface area contributed by atoms with Gasteiger partial charge in [0.1, 0.15) is 0 Å². The topological polar surface area (TPSA) is 52.0 Å². The molecule has 5 heteroatoms. The van der Waals surface area contributed by atoms with Crippen molar-refractivity contribution >= 4 is 27.5 Å². The molecule has 3 aromatic rings. The summed E-state index contributed by atoms with van der Waals surface area (Å²) in [6.07, 6.45) is 3.67. The van der Waals surface area contributed by atoms with Crippen LogP contribution in [0.1, 0.15) is 45.7 Å². The Hall–Kier alpha value is -2.53. The monoisotopic (exact) mass is 412 g/mol. The molecule has 3 rings (SSSR count).